The Bertz CT molecular complexity index is 647. The van der Waals surface area contributed by atoms with Gasteiger partial charge in [-0.3, -0.25) is 4.79 Å². The van der Waals surface area contributed by atoms with Gasteiger partial charge >= 0.3 is 0 Å². The molecule has 1 N–H and O–H groups in total. The second kappa shape index (κ2) is 4.72. The lowest BCUT2D eigenvalue weighted by Gasteiger charge is -2.09. The fraction of sp³-hybridized carbons (Fsp3) is 0.286. The highest BCUT2D eigenvalue weighted by Crippen LogP contribution is 2.23. The summed E-state index contributed by atoms with van der Waals surface area (Å²) in [5.41, 5.74) is 2.49. The molecule has 3 nitrogen and oxygen atoms in total. The van der Waals surface area contributed by atoms with Crippen LogP contribution in [0.15, 0.2) is 23.0 Å². The van der Waals surface area contributed by atoms with E-state index >= 15 is 0 Å². The van der Waals surface area contributed by atoms with Crippen molar-refractivity contribution < 1.29 is 4.39 Å². The van der Waals surface area contributed by atoms with Crippen molar-refractivity contribution in [2.45, 2.75) is 27.2 Å². The molecule has 2 aromatic rings. The first-order valence-electron chi connectivity index (χ1n) is 5.89. The standard InChI is InChI=1S/C14H15FN2O/c1-4-12-16-13(9(3)14(18)17-12)11-7-10(15)6-5-8(11)2/h5-7H,4H2,1-3H3,(H,16,17,18). The number of rotatable bonds is 2. The van der Waals surface area contributed by atoms with Crippen LogP contribution in [0.4, 0.5) is 4.39 Å². The summed E-state index contributed by atoms with van der Waals surface area (Å²) in [6.07, 6.45) is 0.636. The summed E-state index contributed by atoms with van der Waals surface area (Å²) in [5.74, 6) is 0.291. The van der Waals surface area contributed by atoms with Gasteiger partial charge in [0.15, 0.2) is 0 Å². The van der Waals surface area contributed by atoms with Crippen molar-refractivity contribution in [3.05, 3.63) is 51.3 Å². The third-order valence-corrected chi connectivity index (χ3v) is 2.99. The summed E-state index contributed by atoms with van der Waals surface area (Å²) in [7, 11) is 0. The molecule has 0 unspecified atom stereocenters. The Labute approximate surface area is 105 Å². The molecule has 1 aromatic carbocycles. The van der Waals surface area contributed by atoms with Crippen molar-refractivity contribution in [1.29, 1.82) is 0 Å². The lowest BCUT2D eigenvalue weighted by atomic mass is 10.0. The number of aromatic nitrogens is 2. The Morgan fingerprint density at radius 2 is 2.06 bits per heavy atom. The molecular weight excluding hydrogens is 231 g/mol. The molecule has 0 spiro atoms. The van der Waals surface area contributed by atoms with Crippen LogP contribution in [0, 0.1) is 19.7 Å². The van der Waals surface area contributed by atoms with Crippen LogP contribution in [-0.4, -0.2) is 9.97 Å². The zero-order valence-corrected chi connectivity index (χ0v) is 10.7. The molecule has 1 aromatic heterocycles. The van der Waals surface area contributed by atoms with E-state index in [1.807, 2.05) is 13.8 Å². The highest BCUT2D eigenvalue weighted by molar-refractivity contribution is 5.66. The van der Waals surface area contributed by atoms with Gasteiger partial charge in [-0.1, -0.05) is 13.0 Å². The fourth-order valence-corrected chi connectivity index (χ4v) is 1.86. The number of H-pyrrole nitrogens is 1. The number of aryl methyl sites for hydroxylation is 2. The topological polar surface area (TPSA) is 45.8 Å². The molecule has 94 valence electrons. The second-order valence-corrected chi connectivity index (χ2v) is 4.30. The quantitative estimate of drug-likeness (QED) is 0.885. The molecule has 0 aliphatic rings. The van der Waals surface area contributed by atoms with Gasteiger partial charge in [-0.25, -0.2) is 9.37 Å². The maximum absolute atomic E-state index is 13.3. The molecule has 0 atom stereocenters. The number of nitrogens with zero attached hydrogens (tertiary/aromatic N) is 1. The van der Waals surface area contributed by atoms with Crippen molar-refractivity contribution in [3.63, 3.8) is 0 Å². The Morgan fingerprint density at radius 1 is 1.33 bits per heavy atom. The highest BCUT2D eigenvalue weighted by Gasteiger charge is 2.12. The normalized spacial score (nSPS) is 10.7. The van der Waals surface area contributed by atoms with Crippen molar-refractivity contribution in [2.24, 2.45) is 0 Å². The summed E-state index contributed by atoms with van der Waals surface area (Å²) in [6, 6.07) is 4.52. The first-order valence-corrected chi connectivity index (χ1v) is 5.89. The van der Waals surface area contributed by atoms with Crippen LogP contribution >= 0.6 is 0 Å². The molecule has 0 amide bonds. The van der Waals surface area contributed by atoms with Gasteiger partial charge in [-0.2, -0.15) is 0 Å². The molecular formula is C14H15FN2O. The van der Waals surface area contributed by atoms with Gasteiger partial charge in [0.1, 0.15) is 11.6 Å². The summed E-state index contributed by atoms with van der Waals surface area (Å²) in [5, 5.41) is 0. The first-order chi connectivity index (χ1) is 8.52. The molecule has 0 saturated carbocycles. The highest BCUT2D eigenvalue weighted by atomic mass is 19.1. The smallest absolute Gasteiger partial charge is 0.254 e. The zero-order chi connectivity index (χ0) is 13.3. The predicted octanol–water partition coefficient (Wildman–Crippen LogP) is 2.76. The molecule has 1 heterocycles. The van der Waals surface area contributed by atoms with E-state index < -0.39 is 0 Å². The van der Waals surface area contributed by atoms with Gasteiger partial charge in [0.2, 0.25) is 0 Å². The van der Waals surface area contributed by atoms with Gasteiger partial charge in [-0.15, -0.1) is 0 Å². The Morgan fingerprint density at radius 3 is 2.72 bits per heavy atom. The largest absolute Gasteiger partial charge is 0.310 e. The van der Waals surface area contributed by atoms with Crippen LogP contribution in [0.5, 0.6) is 0 Å². The van der Waals surface area contributed by atoms with Crippen molar-refractivity contribution in [3.8, 4) is 11.3 Å². The molecule has 0 bridgehead atoms. The van der Waals surface area contributed by atoms with E-state index in [1.165, 1.54) is 12.1 Å². The van der Waals surface area contributed by atoms with E-state index in [0.717, 1.165) is 5.56 Å². The summed E-state index contributed by atoms with van der Waals surface area (Å²) < 4.78 is 13.3. The third-order valence-electron chi connectivity index (χ3n) is 2.99. The van der Waals surface area contributed by atoms with Gasteiger partial charge in [-0.05, 0) is 31.5 Å². The predicted molar refractivity (Wildman–Crippen MR) is 69.1 cm³/mol. The van der Waals surface area contributed by atoms with Crippen molar-refractivity contribution in [2.75, 3.05) is 0 Å². The maximum Gasteiger partial charge on any atom is 0.254 e. The molecule has 2 rings (SSSR count). The Kier molecular flexibility index (Phi) is 3.28. The average molecular weight is 246 g/mol. The number of halogens is 1. The molecule has 0 aliphatic carbocycles. The maximum atomic E-state index is 13.3. The Hall–Kier alpha value is -1.97. The minimum Gasteiger partial charge on any atom is -0.310 e. The van der Waals surface area contributed by atoms with Gasteiger partial charge in [0, 0.05) is 17.5 Å². The first kappa shape index (κ1) is 12.5. The van der Waals surface area contributed by atoms with Gasteiger partial charge in [0.05, 0.1) is 5.69 Å². The SMILES string of the molecule is CCc1nc(-c2cc(F)ccc2C)c(C)c(=O)[nH]1. The van der Waals surface area contributed by atoms with Crippen LogP contribution in [0.25, 0.3) is 11.3 Å². The summed E-state index contributed by atoms with van der Waals surface area (Å²) in [4.78, 5) is 18.9. The van der Waals surface area contributed by atoms with Crippen molar-refractivity contribution >= 4 is 0 Å². The van der Waals surface area contributed by atoms with Crippen LogP contribution in [0.1, 0.15) is 23.9 Å². The number of hydrogen-bond acceptors (Lipinski definition) is 2. The van der Waals surface area contributed by atoms with E-state index in [1.54, 1.807) is 13.0 Å². The minimum absolute atomic E-state index is 0.166. The lowest BCUT2D eigenvalue weighted by Crippen LogP contribution is -2.16. The monoisotopic (exact) mass is 246 g/mol. The minimum atomic E-state index is -0.324. The van der Waals surface area contributed by atoms with E-state index in [4.69, 9.17) is 0 Å². The second-order valence-electron chi connectivity index (χ2n) is 4.30. The van der Waals surface area contributed by atoms with Gasteiger partial charge < -0.3 is 4.98 Å². The van der Waals surface area contributed by atoms with Crippen LogP contribution < -0.4 is 5.56 Å². The lowest BCUT2D eigenvalue weighted by molar-refractivity contribution is 0.628. The fourth-order valence-electron chi connectivity index (χ4n) is 1.86. The third kappa shape index (κ3) is 2.18. The summed E-state index contributed by atoms with van der Waals surface area (Å²) >= 11 is 0. The Balaban J connectivity index is 2.74. The molecule has 0 saturated heterocycles. The summed E-state index contributed by atoms with van der Waals surface area (Å²) in [6.45, 7) is 5.49. The zero-order valence-electron chi connectivity index (χ0n) is 10.7. The van der Waals surface area contributed by atoms with Crippen LogP contribution in [0.3, 0.4) is 0 Å². The van der Waals surface area contributed by atoms with Crippen LogP contribution in [0.2, 0.25) is 0 Å². The van der Waals surface area contributed by atoms with E-state index in [-0.39, 0.29) is 11.4 Å². The van der Waals surface area contributed by atoms with E-state index in [2.05, 4.69) is 9.97 Å². The molecule has 0 aliphatic heterocycles. The van der Waals surface area contributed by atoms with E-state index in [9.17, 15) is 9.18 Å². The number of hydrogen-bond donors (Lipinski definition) is 1. The number of nitrogens with one attached hydrogen (secondary N) is 1. The molecule has 0 radical (unpaired) electrons. The average Bonchev–Trinajstić information content (AvgIpc) is 2.35. The van der Waals surface area contributed by atoms with E-state index in [0.29, 0.717) is 29.1 Å². The number of aromatic amines is 1. The molecule has 0 fully saturated rings. The molecule has 18 heavy (non-hydrogen) atoms. The molecule has 4 heteroatoms. The van der Waals surface area contributed by atoms with Crippen molar-refractivity contribution in [1.82, 2.24) is 9.97 Å². The van der Waals surface area contributed by atoms with Gasteiger partial charge in [0.25, 0.3) is 5.56 Å². The van der Waals surface area contributed by atoms with Crippen LogP contribution in [-0.2, 0) is 6.42 Å². The number of benzene rings is 1.